The van der Waals surface area contributed by atoms with Gasteiger partial charge < -0.3 is 20.5 Å². The molecule has 0 aromatic rings. The van der Waals surface area contributed by atoms with Crippen molar-refractivity contribution in [3.05, 3.63) is 0 Å². The fourth-order valence-electron chi connectivity index (χ4n) is 3.06. The molecule has 0 saturated carbocycles. The van der Waals surface area contributed by atoms with Gasteiger partial charge in [0, 0.05) is 19.1 Å². The Morgan fingerprint density at radius 2 is 2.00 bits per heavy atom. The van der Waals surface area contributed by atoms with Crippen molar-refractivity contribution in [2.24, 2.45) is 0 Å². The van der Waals surface area contributed by atoms with E-state index in [9.17, 15) is 9.59 Å². The third kappa shape index (κ3) is 4.57. The molecule has 0 aromatic heterocycles. The number of ether oxygens (including phenoxy) is 1. The molecule has 21 heavy (non-hydrogen) atoms. The SMILES string of the molecule is CCN1CCCC1CNC(=O)NCC1CCC(C(=O)O)O1. The molecule has 7 nitrogen and oxygen atoms in total. The number of carboxylic acid groups (broad SMARTS) is 1. The quantitative estimate of drug-likeness (QED) is 0.660. The minimum absolute atomic E-state index is 0.199. The highest BCUT2D eigenvalue weighted by Gasteiger charge is 2.30. The molecule has 2 fully saturated rings. The van der Waals surface area contributed by atoms with Crippen LogP contribution in [0.1, 0.15) is 32.6 Å². The molecule has 0 bridgehead atoms. The molecule has 0 aromatic carbocycles. The molecule has 0 radical (unpaired) electrons. The van der Waals surface area contributed by atoms with Crippen LogP contribution >= 0.6 is 0 Å². The molecule has 2 amide bonds. The highest BCUT2D eigenvalue weighted by Crippen LogP contribution is 2.19. The van der Waals surface area contributed by atoms with Crippen molar-refractivity contribution >= 4 is 12.0 Å². The van der Waals surface area contributed by atoms with E-state index in [1.165, 1.54) is 6.42 Å². The summed E-state index contributed by atoms with van der Waals surface area (Å²) in [7, 11) is 0. The van der Waals surface area contributed by atoms with Crippen LogP contribution in [0.5, 0.6) is 0 Å². The van der Waals surface area contributed by atoms with Crippen LogP contribution in [0, 0.1) is 0 Å². The summed E-state index contributed by atoms with van der Waals surface area (Å²) in [5.41, 5.74) is 0. The lowest BCUT2D eigenvalue weighted by Crippen LogP contribution is -2.45. The van der Waals surface area contributed by atoms with E-state index in [4.69, 9.17) is 9.84 Å². The number of hydrogen-bond donors (Lipinski definition) is 3. The average molecular weight is 299 g/mol. The number of hydrogen-bond acceptors (Lipinski definition) is 4. The topological polar surface area (TPSA) is 90.9 Å². The summed E-state index contributed by atoms with van der Waals surface area (Å²) < 4.78 is 5.34. The molecule has 2 heterocycles. The maximum absolute atomic E-state index is 11.8. The molecule has 2 saturated heterocycles. The lowest BCUT2D eigenvalue weighted by molar-refractivity contribution is -0.149. The first-order chi connectivity index (χ1) is 10.1. The summed E-state index contributed by atoms with van der Waals surface area (Å²) in [6, 6.07) is 0.222. The maximum atomic E-state index is 11.8. The van der Waals surface area contributed by atoms with E-state index in [2.05, 4.69) is 22.5 Å². The smallest absolute Gasteiger partial charge is 0.332 e. The van der Waals surface area contributed by atoms with Crippen LogP contribution in [0.2, 0.25) is 0 Å². The Labute approximate surface area is 125 Å². The summed E-state index contributed by atoms with van der Waals surface area (Å²) in [4.78, 5) is 24.9. The molecular weight excluding hydrogens is 274 g/mol. The summed E-state index contributed by atoms with van der Waals surface area (Å²) in [5, 5.41) is 14.5. The monoisotopic (exact) mass is 299 g/mol. The largest absolute Gasteiger partial charge is 0.479 e. The summed E-state index contributed by atoms with van der Waals surface area (Å²) in [6.45, 7) is 5.27. The zero-order chi connectivity index (χ0) is 15.2. The van der Waals surface area contributed by atoms with Crippen LogP contribution in [-0.2, 0) is 9.53 Å². The molecule has 2 aliphatic rings. The van der Waals surface area contributed by atoms with Gasteiger partial charge in [0.2, 0.25) is 0 Å². The third-order valence-corrected chi connectivity index (χ3v) is 4.28. The Balaban J connectivity index is 1.61. The molecular formula is C14H25N3O4. The number of aliphatic carboxylic acids is 1. The first-order valence-corrected chi connectivity index (χ1v) is 7.74. The fourth-order valence-corrected chi connectivity index (χ4v) is 3.06. The highest BCUT2D eigenvalue weighted by atomic mass is 16.5. The van der Waals surface area contributed by atoms with E-state index < -0.39 is 12.1 Å². The Hall–Kier alpha value is -1.34. The first-order valence-electron chi connectivity index (χ1n) is 7.74. The predicted octanol–water partition coefficient (Wildman–Crippen LogP) is 0.402. The minimum atomic E-state index is -0.928. The van der Waals surface area contributed by atoms with E-state index in [1.54, 1.807) is 0 Å². The maximum Gasteiger partial charge on any atom is 0.332 e. The standard InChI is InChI=1S/C14H25N3O4/c1-2-17-7-3-4-10(17)8-15-14(20)16-9-11-5-6-12(21-11)13(18)19/h10-12H,2-9H2,1H3,(H,18,19)(H2,15,16,20). The van der Waals surface area contributed by atoms with Crippen LogP contribution in [0.25, 0.3) is 0 Å². The summed E-state index contributed by atoms with van der Waals surface area (Å²) in [6.07, 6.45) is 2.57. The first kappa shape index (κ1) is 16.0. The average Bonchev–Trinajstić information content (AvgIpc) is 3.11. The normalized spacial score (nSPS) is 29.5. The van der Waals surface area contributed by atoms with Gasteiger partial charge in [-0.25, -0.2) is 9.59 Å². The molecule has 3 atom stereocenters. The molecule has 0 aliphatic carbocycles. The molecule has 3 N–H and O–H groups in total. The Morgan fingerprint density at radius 3 is 2.67 bits per heavy atom. The van der Waals surface area contributed by atoms with E-state index in [0.29, 0.717) is 32.0 Å². The van der Waals surface area contributed by atoms with Crippen LogP contribution in [-0.4, -0.2) is 66.4 Å². The molecule has 3 unspecified atom stereocenters. The number of urea groups is 1. The molecule has 2 rings (SSSR count). The van der Waals surface area contributed by atoms with E-state index in [1.807, 2.05) is 0 Å². The number of rotatable bonds is 6. The minimum Gasteiger partial charge on any atom is -0.479 e. The number of likely N-dealkylation sites (tertiary alicyclic amines) is 1. The number of carboxylic acids is 1. The van der Waals surface area contributed by atoms with Crippen LogP contribution < -0.4 is 10.6 Å². The molecule has 7 heteroatoms. The van der Waals surface area contributed by atoms with Crippen molar-refractivity contribution in [1.29, 1.82) is 0 Å². The number of nitrogens with one attached hydrogen (secondary N) is 2. The predicted molar refractivity (Wildman–Crippen MR) is 77.2 cm³/mol. The number of amides is 2. The van der Waals surface area contributed by atoms with Gasteiger partial charge in [0.25, 0.3) is 0 Å². The van der Waals surface area contributed by atoms with Gasteiger partial charge in [0.1, 0.15) is 0 Å². The summed E-state index contributed by atoms with van der Waals surface area (Å²) >= 11 is 0. The van der Waals surface area contributed by atoms with Gasteiger partial charge in [-0.1, -0.05) is 6.92 Å². The van der Waals surface area contributed by atoms with Gasteiger partial charge in [-0.3, -0.25) is 4.90 Å². The molecule has 0 spiro atoms. The van der Waals surface area contributed by atoms with E-state index in [-0.39, 0.29) is 12.1 Å². The van der Waals surface area contributed by atoms with Crippen LogP contribution in [0.15, 0.2) is 0 Å². The zero-order valence-corrected chi connectivity index (χ0v) is 12.5. The molecule has 120 valence electrons. The fraction of sp³-hybridized carbons (Fsp3) is 0.857. The van der Waals surface area contributed by atoms with Gasteiger partial charge in [0.05, 0.1) is 6.10 Å². The van der Waals surface area contributed by atoms with Gasteiger partial charge in [-0.05, 0) is 38.8 Å². The lowest BCUT2D eigenvalue weighted by Gasteiger charge is -2.23. The number of carbonyl (C=O) groups excluding carboxylic acids is 1. The second-order valence-electron chi connectivity index (χ2n) is 5.68. The Bertz CT molecular complexity index is 377. The van der Waals surface area contributed by atoms with Crippen molar-refractivity contribution in [2.45, 2.75) is 50.9 Å². The highest BCUT2D eigenvalue weighted by molar-refractivity contribution is 5.74. The van der Waals surface area contributed by atoms with Crippen LogP contribution in [0.4, 0.5) is 4.79 Å². The van der Waals surface area contributed by atoms with Gasteiger partial charge in [-0.15, -0.1) is 0 Å². The van der Waals surface area contributed by atoms with Crippen molar-refractivity contribution < 1.29 is 19.4 Å². The Kier molecular flexibility index (Phi) is 5.81. The van der Waals surface area contributed by atoms with Gasteiger partial charge in [0.15, 0.2) is 6.10 Å². The Morgan fingerprint density at radius 1 is 1.24 bits per heavy atom. The van der Waals surface area contributed by atoms with E-state index >= 15 is 0 Å². The van der Waals surface area contributed by atoms with Crippen molar-refractivity contribution in [3.63, 3.8) is 0 Å². The zero-order valence-electron chi connectivity index (χ0n) is 12.5. The van der Waals surface area contributed by atoms with Gasteiger partial charge >= 0.3 is 12.0 Å². The van der Waals surface area contributed by atoms with Crippen LogP contribution in [0.3, 0.4) is 0 Å². The molecule has 2 aliphatic heterocycles. The number of carbonyl (C=O) groups is 2. The van der Waals surface area contributed by atoms with Crippen molar-refractivity contribution in [1.82, 2.24) is 15.5 Å². The van der Waals surface area contributed by atoms with Crippen molar-refractivity contribution in [3.8, 4) is 0 Å². The lowest BCUT2D eigenvalue weighted by atomic mass is 10.2. The number of likely N-dealkylation sites (N-methyl/N-ethyl adjacent to an activating group) is 1. The summed E-state index contributed by atoms with van der Waals surface area (Å²) in [5.74, 6) is -0.928. The third-order valence-electron chi connectivity index (χ3n) is 4.28. The van der Waals surface area contributed by atoms with Gasteiger partial charge in [-0.2, -0.15) is 0 Å². The van der Waals surface area contributed by atoms with E-state index in [0.717, 1.165) is 19.5 Å². The second kappa shape index (κ2) is 7.61. The van der Waals surface area contributed by atoms with Crippen molar-refractivity contribution in [2.75, 3.05) is 26.2 Å². The second-order valence-corrected chi connectivity index (χ2v) is 5.68. The number of nitrogens with zero attached hydrogens (tertiary/aromatic N) is 1.